The lowest BCUT2D eigenvalue weighted by Crippen LogP contribution is -2.13. The number of amides is 1. The van der Waals surface area contributed by atoms with Gasteiger partial charge in [0.2, 0.25) is 5.91 Å². The van der Waals surface area contributed by atoms with Gasteiger partial charge in [-0.05, 0) is 37.5 Å². The van der Waals surface area contributed by atoms with Crippen molar-refractivity contribution in [2.24, 2.45) is 5.92 Å². The number of aliphatic hydroxyl groups excluding tert-OH is 1. The molecule has 2 rings (SSSR count). The summed E-state index contributed by atoms with van der Waals surface area (Å²) >= 11 is 0. The highest BCUT2D eigenvalue weighted by molar-refractivity contribution is 5.90. The summed E-state index contributed by atoms with van der Waals surface area (Å²) in [7, 11) is 0. The maximum Gasteiger partial charge on any atom is 0.224 e. The average molecular weight is 291 g/mol. The standard InChI is InChI=1S/C17H25NO3/c1-2-21-16-9-8-15(11-14(16)12-19)18-17(20)10-7-13-5-3-4-6-13/h8-9,11,13,19H,2-7,10,12H2,1H3,(H,18,20). The third-order valence-corrected chi connectivity index (χ3v) is 4.07. The monoisotopic (exact) mass is 291 g/mol. The number of anilines is 1. The molecule has 0 bridgehead atoms. The molecule has 1 saturated carbocycles. The minimum absolute atomic E-state index is 0.0509. The van der Waals surface area contributed by atoms with Gasteiger partial charge in [0.25, 0.3) is 0 Å². The molecular formula is C17H25NO3. The summed E-state index contributed by atoms with van der Waals surface area (Å²) in [6, 6.07) is 5.39. The minimum Gasteiger partial charge on any atom is -0.494 e. The lowest BCUT2D eigenvalue weighted by Gasteiger charge is -2.12. The number of nitrogens with one attached hydrogen (secondary N) is 1. The summed E-state index contributed by atoms with van der Waals surface area (Å²) in [5, 5.41) is 12.3. The van der Waals surface area contributed by atoms with Gasteiger partial charge in [0, 0.05) is 17.7 Å². The molecule has 1 aliphatic rings. The molecular weight excluding hydrogens is 266 g/mol. The molecule has 1 aromatic rings. The summed E-state index contributed by atoms with van der Waals surface area (Å²) in [5.41, 5.74) is 1.42. The zero-order valence-electron chi connectivity index (χ0n) is 12.7. The van der Waals surface area contributed by atoms with Crippen LogP contribution in [0.15, 0.2) is 18.2 Å². The van der Waals surface area contributed by atoms with Crippen molar-refractivity contribution >= 4 is 11.6 Å². The molecule has 1 aliphatic carbocycles. The van der Waals surface area contributed by atoms with E-state index in [0.29, 0.717) is 24.3 Å². The van der Waals surface area contributed by atoms with E-state index in [0.717, 1.165) is 18.0 Å². The van der Waals surface area contributed by atoms with E-state index < -0.39 is 0 Å². The Morgan fingerprint density at radius 3 is 2.81 bits per heavy atom. The van der Waals surface area contributed by atoms with Crippen molar-refractivity contribution in [3.63, 3.8) is 0 Å². The van der Waals surface area contributed by atoms with Gasteiger partial charge in [0.05, 0.1) is 13.2 Å². The molecule has 1 aromatic carbocycles. The second kappa shape index (κ2) is 8.03. The fourth-order valence-corrected chi connectivity index (χ4v) is 2.93. The molecule has 0 unspecified atom stereocenters. The SMILES string of the molecule is CCOc1ccc(NC(=O)CCC2CCCC2)cc1CO. The largest absolute Gasteiger partial charge is 0.494 e. The van der Waals surface area contributed by atoms with Crippen molar-refractivity contribution in [2.75, 3.05) is 11.9 Å². The highest BCUT2D eigenvalue weighted by atomic mass is 16.5. The van der Waals surface area contributed by atoms with Gasteiger partial charge < -0.3 is 15.2 Å². The first-order chi connectivity index (χ1) is 10.2. The first-order valence-electron chi connectivity index (χ1n) is 7.89. The van der Waals surface area contributed by atoms with E-state index in [9.17, 15) is 9.90 Å². The van der Waals surface area contributed by atoms with Gasteiger partial charge >= 0.3 is 0 Å². The van der Waals surface area contributed by atoms with E-state index in [4.69, 9.17) is 4.74 Å². The van der Waals surface area contributed by atoms with Crippen LogP contribution in [0.2, 0.25) is 0 Å². The zero-order chi connectivity index (χ0) is 15.1. The van der Waals surface area contributed by atoms with Gasteiger partial charge in [-0.15, -0.1) is 0 Å². The first kappa shape index (κ1) is 15.8. The lowest BCUT2D eigenvalue weighted by atomic mass is 10.0. The van der Waals surface area contributed by atoms with Crippen LogP contribution in [-0.2, 0) is 11.4 Å². The molecule has 21 heavy (non-hydrogen) atoms. The van der Waals surface area contributed by atoms with E-state index >= 15 is 0 Å². The number of benzene rings is 1. The number of ether oxygens (including phenoxy) is 1. The van der Waals surface area contributed by atoms with Crippen LogP contribution in [-0.4, -0.2) is 17.6 Å². The van der Waals surface area contributed by atoms with E-state index in [2.05, 4.69) is 5.32 Å². The fraction of sp³-hybridized carbons (Fsp3) is 0.588. The number of carbonyl (C=O) groups excluding carboxylic acids is 1. The van der Waals surface area contributed by atoms with Crippen LogP contribution in [0.1, 0.15) is 51.0 Å². The molecule has 2 N–H and O–H groups in total. The second-order valence-electron chi connectivity index (χ2n) is 5.65. The molecule has 0 aliphatic heterocycles. The number of carbonyl (C=O) groups is 1. The van der Waals surface area contributed by atoms with Crippen LogP contribution in [0.5, 0.6) is 5.75 Å². The summed E-state index contributed by atoms with van der Waals surface area (Å²) in [6.45, 7) is 2.36. The van der Waals surface area contributed by atoms with Gasteiger partial charge in [-0.2, -0.15) is 0 Å². The third kappa shape index (κ3) is 4.74. The molecule has 116 valence electrons. The second-order valence-corrected chi connectivity index (χ2v) is 5.65. The van der Waals surface area contributed by atoms with Gasteiger partial charge in [-0.1, -0.05) is 25.7 Å². The Kier molecular flexibility index (Phi) is 6.05. The molecule has 4 heteroatoms. The molecule has 1 fully saturated rings. The summed E-state index contributed by atoms with van der Waals surface area (Å²) in [6.07, 6.45) is 6.72. The number of rotatable bonds is 7. The maximum atomic E-state index is 12.0. The Bertz CT molecular complexity index is 467. The molecule has 1 amide bonds. The van der Waals surface area contributed by atoms with Crippen LogP contribution in [0.25, 0.3) is 0 Å². The van der Waals surface area contributed by atoms with Gasteiger partial charge in [0.15, 0.2) is 0 Å². The third-order valence-electron chi connectivity index (χ3n) is 4.07. The summed E-state index contributed by atoms with van der Waals surface area (Å²) in [5.74, 6) is 1.45. The molecule has 0 saturated heterocycles. The van der Waals surface area contributed by atoms with Crippen LogP contribution < -0.4 is 10.1 Å². The van der Waals surface area contributed by atoms with Crippen LogP contribution >= 0.6 is 0 Å². The van der Waals surface area contributed by atoms with Crippen molar-refractivity contribution in [2.45, 2.75) is 52.1 Å². The van der Waals surface area contributed by atoms with Crippen molar-refractivity contribution < 1.29 is 14.6 Å². The van der Waals surface area contributed by atoms with E-state index in [1.165, 1.54) is 25.7 Å². The molecule has 0 spiro atoms. The Morgan fingerprint density at radius 2 is 2.14 bits per heavy atom. The van der Waals surface area contributed by atoms with Gasteiger partial charge in [-0.25, -0.2) is 0 Å². The van der Waals surface area contributed by atoms with Crippen molar-refractivity contribution in [3.05, 3.63) is 23.8 Å². The zero-order valence-corrected chi connectivity index (χ0v) is 12.7. The highest BCUT2D eigenvalue weighted by Crippen LogP contribution is 2.29. The topological polar surface area (TPSA) is 58.6 Å². The molecule has 4 nitrogen and oxygen atoms in total. The Morgan fingerprint density at radius 1 is 1.38 bits per heavy atom. The molecule has 0 heterocycles. The fourth-order valence-electron chi connectivity index (χ4n) is 2.93. The normalized spacial score (nSPS) is 15.1. The predicted molar refractivity (Wildman–Crippen MR) is 83.4 cm³/mol. The van der Waals surface area contributed by atoms with E-state index in [1.54, 1.807) is 12.1 Å². The number of hydrogen-bond acceptors (Lipinski definition) is 3. The Hall–Kier alpha value is -1.55. The maximum absolute atomic E-state index is 12.0. The summed E-state index contributed by atoms with van der Waals surface area (Å²) in [4.78, 5) is 12.0. The quantitative estimate of drug-likeness (QED) is 0.808. The van der Waals surface area contributed by atoms with Crippen LogP contribution in [0, 0.1) is 5.92 Å². The summed E-state index contributed by atoms with van der Waals surface area (Å²) < 4.78 is 5.43. The van der Waals surface area contributed by atoms with Crippen LogP contribution in [0.4, 0.5) is 5.69 Å². The highest BCUT2D eigenvalue weighted by Gasteiger charge is 2.16. The van der Waals surface area contributed by atoms with Crippen LogP contribution in [0.3, 0.4) is 0 Å². The average Bonchev–Trinajstić information content (AvgIpc) is 3.00. The van der Waals surface area contributed by atoms with Gasteiger partial charge in [-0.3, -0.25) is 4.79 Å². The predicted octanol–water partition coefficient (Wildman–Crippen LogP) is 3.49. The Balaban J connectivity index is 1.87. The van der Waals surface area contributed by atoms with E-state index in [1.807, 2.05) is 13.0 Å². The number of hydrogen-bond donors (Lipinski definition) is 2. The van der Waals surface area contributed by atoms with Crippen molar-refractivity contribution in [3.8, 4) is 5.75 Å². The number of aliphatic hydroxyl groups is 1. The van der Waals surface area contributed by atoms with E-state index in [-0.39, 0.29) is 12.5 Å². The molecule has 0 aromatic heterocycles. The minimum atomic E-state index is -0.0961. The Labute approximate surface area is 126 Å². The van der Waals surface area contributed by atoms with Gasteiger partial charge in [0.1, 0.15) is 5.75 Å². The van der Waals surface area contributed by atoms with Crippen molar-refractivity contribution in [1.29, 1.82) is 0 Å². The smallest absolute Gasteiger partial charge is 0.224 e. The van der Waals surface area contributed by atoms with Crippen molar-refractivity contribution in [1.82, 2.24) is 0 Å². The molecule has 0 atom stereocenters. The first-order valence-corrected chi connectivity index (χ1v) is 7.89. The molecule has 0 radical (unpaired) electrons. The lowest BCUT2D eigenvalue weighted by molar-refractivity contribution is -0.116.